The first kappa shape index (κ1) is 21.9. The van der Waals surface area contributed by atoms with E-state index in [1.165, 1.54) is 0 Å². The molecule has 3 aromatic rings. The Hall–Kier alpha value is -2.79. The van der Waals surface area contributed by atoms with Crippen molar-refractivity contribution in [3.05, 3.63) is 59.3 Å². The first-order chi connectivity index (χ1) is 14.5. The number of hydrogen-bond acceptors (Lipinski definition) is 4. The zero-order valence-corrected chi connectivity index (χ0v) is 18.7. The van der Waals surface area contributed by atoms with Gasteiger partial charge in [0.15, 0.2) is 0 Å². The van der Waals surface area contributed by atoms with E-state index >= 15 is 0 Å². The fraction of sp³-hybridized carbons (Fsp3) is 0.400. The Bertz CT molecular complexity index is 1020. The smallest absolute Gasteiger partial charge is 0.340 e. The van der Waals surface area contributed by atoms with Gasteiger partial charge >= 0.3 is 5.97 Å². The van der Waals surface area contributed by atoms with Crippen molar-refractivity contribution in [3.63, 3.8) is 0 Å². The number of carbonyl (C=O) groups is 1. The molecule has 0 unspecified atom stereocenters. The minimum Gasteiger partial charge on any atom is -0.492 e. The molecule has 1 aromatic heterocycles. The first-order valence-electron chi connectivity index (χ1n) is 10.7. The van der Waals surface area contributed by atoms with E-state index in [4.69, 9.17) is 9.47 Å². The van der Waals surface area contributed by atoms with E-state index in [0.717, 1.165) is 53.2 Å². The second kappa shape index (κ2) is 9.81. The van der Waals surface area contributed by atoms with Crippen molar-refractivity contribution in [1.82, 2.24) is 9.47 Å². The highest BCUT2D eigenvalue weighted by Gasteiger charge is 2.23. The molecule has 1 heterocycles. The number of likely N-dealkylation sites (N-methyl/N-ethyl adjacent to an activating group) is 1. The number of aromatic nitrogens is 1. The lowest BCUT2D eigenvalue weighted by Gasteiger charge is -2.18. The number of carbonyl (C=O) groups excluding carboxylic acids is 1. The monoisotopic (exact) mass is 408 g/mol. The topological polar surface area (TPSA) is 43.7 Å². The lowest BCUT2D eigenvalue weighted by molar-refractivity contribution is 0.0527. The summed E-state index contributed by atoms with van der Waals surface area (Å²) in [5, 5.41) is 0.856. The van der Waals surface area contributed by atoms with Crippen LogP contribution in [0, 0.1) is 13.8 Å². The minimum atomic E-state index is -0.298. The average molecular weight is 409 g/mol. The Morgan fingerprint density at radius 2 is 1.77 bits per heavy atom. The van der Waals surface area contributed by atoms with Crippen LogP contribution >= 0.6 is 0 Å². The molecule has 160 valence electrons. The molecule has 0 saturated heterocycles. The molecular formula is C25H32N2O3. The van der Waals surface area contributed by atoms with E-state index in [1.54, 1.807) is 0 Å². The van der Waals surface area contributed by atoms with Crippen molar-refractivity contribution in [3.8, 4) is 11.4 Å². The molecule has 0 aliphatic carbocycles. The normalized spacial score (nSPS) is 11.3. The number of benzene rings is 2. The van der Waals surface area contributed by atoms with Crippen molar-refractivity contribution >= 4 is 16.9 Å². The molecular weight excluding hydrogens is 376 g/mol. The van der Waals surface area contributed by atoms with Crippen LogP contribution < -0.4 is 4.74 Å². The summed E-state index contributed by atoms with van der Waals surface area (Å²) < 4.78 is 13.5. The summed E-state index contributed by atoms with van der Waals surface area (Å²) in [4.78, 5) is 15.1. The van der Waals surface area contributed by atoms with Crippen LogP contribution in [-0.4, -0.2) is 48.3 Å². The molecule has 0 fully saturated rings. The van der Waals surface area contributed by atoms with Crippen LogP contribution in [-0.2, 0) is 4.74 Å². The number of rotatable bonds is 9. The zero-order chi connectivity index (χ0) is 21.7. The Morgan fingerprint density at radius 3 is 2.43 bits per heavy atom. The van der Waals surface area contributed by atoms with Crippen molar-refractivity contribution in [2.75, 3.05) is 32.8 Å². The van der Waals surface area contributed by atoms with E-state index < -0.39 is 0 Å². The summed E-state index contributed by atoms with van der Waals surface area (Å²) in [6.45, 7) is 14.0. The number of nitrogens with zero attached hydrogens (tertiary/aromatic N) is 2. The van der Waals surface area contributed by atoms with E-state index in [1.807, 2.05) is 44.2 Å². The molecule has 5 heteroatoms. The third-order valence-electron chi connectivity index (χ3n) is 5.58. The summed E-state index contributed by atoms with van der Waals surface area (Å²) in [5.74, 6) is 0.467. The van der Waals surface area contributed by atoms with Crippen LogP contribution in [0.1, 0.15) is 42.4 Å². The lowest BCUT2D eigenvalue weighted by atomic mass is 10.1. The van der Waals surface area contributed by atoms with Crippen LogP contribution in [0.2, 0.25) is 0 Å². The lowest BCUT2D eigenvalue weighted by Crippen LogP contribution is -2.27. The number of fused-ring (bicyclic) bond motifs is 1. The molecule has 5 nitrogen and oxygen atoms in total. The van der Waals surface area contributed by atoms with E-state index in [-0.39, 0.29) is 5.97 Å². The van der Waals surface area contributed by atoms with E-state index in [9.17, 15) is 4.79 Å². The summed E-state index contributed by atoms with van der Waals surface area (Å²) in [6.07, 6.45) is 0. The summed E-state index contributed by atoms with van der Waals surface area (Å²) in [7, 11) is 0. The van der Waals surface area contributed by atoms with Crippen molar-refractivity contribution < 1.29 is 14.3 Å². The summed E-state index contributed by atoms with van der Waals surface area (Å²) >= 11 is 0. The Morgan fingerprint density at radius 1 is 1.03 bits per heavy atom. The Labute approximate surface area is 179 Å². The van der Waals surface area contributed by atoms with E-state index in [2.05, 4.69) is 42.4 Å². The fourth-order valence-electron chi connectivity index (χ4n) is 3.91. The highest BCUT2D eigenvalue weighted by molar-refractivity contribution is 6.07. The maximum absolute atomic E-state index is 12.8. The van der Waals surface area contributed by atoms with Gasteiger partial charge in [0.1, 0.15) is 12.4 Å². The number of aryl methyl sites for hydroxylation is 1. The SMILES string of the molecule is CCOC(=O)c1c(C)n(-c2ccccc2C)c2ccc(OCCN(CC)CC)cc12. The Balaban J connectivity index is 2.05. The molecule has 0 aliphatic rings. The van der Waals surface area contributed by atoms with Crippen molar-refractivity contribution in [2.45, 2.75) is 34.6 Å². The maximum atomic E-state index is 12.8. The molecule has 30 heavy (non-hydrogen) atoms. The molecule has 0 saturated carbocycles. The van der Waals surface area contributed by atoms with Gasteiger partial charge in [-0.25, -0.2) is 4.79 Å². The van der Waals surface area contributed by atoms with Gasteiger partial charge in [-0.05, 0) is 63.7 Å². The van der Waals surface area contributed by atoms with Gasteiger partial charge in [0, 0.05) is 23.3 Å². The van der Waals surface area contributed by atoms with E-state index in [0.29, 0.717) is 18.8 Å². The highest BCUT2D eigenvalue weighted by Crippen LogP contribution is 2.33. The number of esters is 1. The predicted molar refractivity (Wildman–Crippen MR) is 122 cm³/mol. The molecule has 0 aliphatic heterocycles. The van der Waals surface area contributed by atoms with Gasteiger partial charge in [-0.15, -0.1) is 0 Å². The number of para-hydroxylation sites is 1. The van der Waals surface area contributed by atoms with Crippen LogP contribution in [0.3, 0.4) is 0 Å². The average Bonchev–Trinajstić information content (AvgIpc) is 3.03. The van der Waals surface area contributed by atoms with Crippen LogP contribution in [0.15, 0.2) is 42.5 Å². The van der Waals surface area contributed by atoms with Gasteiger partial charge in [0.25, 0.3) is 0 Å². The minimum absolute atomic E-state index is 0.298. The zero-order valence-electron chi connectivity index (χ0n) is 18.7. The molecule has 3 rings (SSSR count). The predicted octanol–water partition coefficient (Wildman–Crippen LogP) is 5.14. The number of hydrogen-bond donors (Lipinski definition) is 0. The van der Waals surface area contributed by atoms with Gasteiger partial charge in [-0.2, -0.15) is 0 Å². The van der Waals surface area contributed by atoms with Gasteiger partial charge in [-0.3, -0.25) is 0 Å². The molecule has 2 aromatic carbocycles. The molecule has 0 N–H and O–H groups in total. The van der Waals surface area contributed by atoms with Crippen molar-refractivity contribution in [2.24, 2.45) is 0 Å². The van der Waals surface area contributed by atoms with Gasteiger partial charge in [-0.1, -0.05) is 32.0 Å². The van der Waals surface area contributed by atoms with Gasteiger partial charge in [0.05, 0.1) is 17.7 Å². The molecule has 0 amide bonds. The molecule has 0 atom stereocenters. The summed E-state index contributed by atoms with van der Waals surface area (Å²) in [6, 6.07) is 14.2. The maximum Gasteiger partial charge on any atom is 0.340 e. The first-order valence-corrected chi connectivity index (χ1v) is 10.7. The quantitative estimate of drug-likeness (QED) is 0.460. The molecule has 0 bridgehead atoms. The van der Waals surface area contributed by atoms with Crippen molar-refractivity contribution in [1.29, 1.82) is 0 Å². The van der Waals surface area contributed by atoms with Crippen LogP contribution in [0.5, 0.6) is 5.75 Å². The van der Waals surface area contributed by atoms with Gasteiger partial charge < -0.3 is 18.9 Å². The third kappa shape index (κ3) is 4.36. The largest absolute Gasteiger partial charge is 0.492 e. The highest BCUT2D eigenvalue weighted by atomic mass is 16.5. The Kier molecular flexibility index (Phi) is 7.16. The fourth-order valence-corrected chi connectivity index (χ4v) is 3.91. The van der Waals surface area contributed by atoms with Gasteiger partial charge in [0.2, 0.25) is 0 Å². The second-order valence-corrected chi connectivity index (χ2v) is 7.36. The second-order valence-electron chi connectivity index (χ2n) is 7.36. The van der Waals surface area contributed by atoms with Crippen LogP contribution in [0.4, 0.5) is 0 Å². The third-order valence-corrected chi connectivity index (χ3v) is 5.58. The number of ether oxygens (including phenoxy) is 2. The summed E-state index contributed by atoms with van der Waals surface area (Å²) in [5.41, 5.74) is 4.65. The molecule has 0 spiro atoms. The molecule has 0 radical (unpaired) electrons. The van der Waals surface area contributed by atoms with Crippen LogP contribution in [0.25, 0.3) is 16.6 Å². The standard InChI is InChI=1S/C25H32N2O3/c1-6-26(7-2)15-16-30-20-13-14-23-21(17-20)24(25(28)29-8-3)19(5)27(23)22-12-10-9-11-18(22)4/h9-14,17H,6-8,15-16H2,1-5H3.